The molecular formula is C23H25N3O. The fraction of sp³-hybridized carbons (Fsp3) is 0.304. The Morgan fingerprint density at radius 2 is 1.74 bits per heavy atom. The van der Waals surface area contributed by atoms with Crippen molar-refractivity contribution in [2.45, 2.75) is 39.4 Å². The van der Waals surface area contributed by atoms with E-state index in [0.29, 0.717) is 12.6 Å². The predicted molar refractivity (Wildman–Crippen MR) is 107 cm³/mol. The zero-order valence-corrected chi connectivity index (χ0v) is 15.9. The smallest absolute Gasteiger partial charge is 0.123 e. The Morgan fingerprint density at radius 3 is 2.48 bits per heavy atom. The third-order valence-corrected chi connectivity index (χ3v) is 5.25. The number of ether oxygens (including phenoxy) is 1. The molecule has 3 aromatic rings. The number of benzene rings is 2. The maximum Gasteiger partial charge on any atom is 0.123 e. The van der Waals surface area contributed by atoms with E-state index in [0.717, 1.165) is 36.4 Å². The Hall–Kier alpha value is -2.72. The van der Waals surface area contributed by atoms with Crippen LogP contribution in [-0.4, -0.2) is 27.5 Å². The van der Waals surface area contributed by atoms with E-state index in [-0.39, 0.29) is 0 Å². The second-order valence-corrected chi connectivity index (χ2v) is 7.18. The van der Waals surface area contributed by atoms with E-state index < -0.39 is 0 Å². The van der Waals surface area contributed by atoms with Gasteiger partial charge in [-0.1, -0.05) is 37.3 Å². The summed E-state index contributed by atoms with van der Waals surface area (Å²) in [6.07, 6.45) is 6.33. The number of hydrogen-bond donors (Lipinski definition) is 0. The normalized spacial score (nSPS) is 17.0. The molecule has 2 heterocycles. The molecule has 4 heteroatoms. The molecule has 4 nitrogen and oxygen atoms in total. The monoisotopic (exact) mass is 359 g/mol. The van der Waals surface area contributed by atoms with Crippen LogP contribution < -0.4 is 4.74 Å². The van der Waals surface area contributed by atoms with Crippen molar-refractivity contribution in [2.75, 3.05) is 6.61 Å². The van der Waals surface area contributed by atoms with Crippen LogP contribution in [0.2, 0.25) is 0 Å². The second kappa shape index (κ2) is 7.89. The Kier molecular flexibility index (Phi) is 5.16. The van der Waals surface area contributed by atoms with Crippen LogP contribution in [0.4, 0.5) is 0 Å². The highest BCUT2D eigenvalue weighted by molar-refractivity contribution is 5.64. The van der Waals surface area contributed by atoms with E-state index >= 15 is 0 Å². The molecule has 2 aromatic carbocycles. The maximum atomic E-state index is 6.08. The van der Waals surface area contributed by atoms with Gasteiger partial charge in [-0.15, -0.1) is 0 Å². The summed E-state index contributed by atoms with van der Waals surface area (Å²) in [5.41, 5.74) is 6.09. The minimum atomic E-state index is 0.353. The van der Waals surface area contributed by atoms with E-state index in [4.69, 9.17) is 4.74 Å². The number of rotatable bonds is 4. The number of fused-ring (bicyclic) bond motifs is 1. The lowest BCUT2D eigenvalue weighted by Crippen LogP contribution is -2.34. The molecule has 1 aliphatic heterocycles. The van der Waals surface area contributed by atoms with Crippen LogP contribution >= 0.6 is 0 Å². The molecule has 0 aliphatic carbocycles. The first-order chi connectivity index (χ1) is 13.2. The lowest BCUT2D eigenvalue weighted by molar-refractivity contribution is 0.151. The first-order valence-corrected chi connectivity index (χ1v) is 9.56. The van der Waals surface area contributed by atoms with Gasteiger partial charge in [-0.25, -0.2) is 9.97 Å². The summed E-state index contributed by atoms with van der Waals surface area (Å²) in [6, 6.07) is 15.7. The molecule has 27 heavy (non-hydrogen) atoms. The van der Waals surface area contributed by atoms with Gasteiger partial charge in [-0.05, 0) is 42.2 Å². The van der Waals surface area contributed by atoms with Crippen molar-refractivity contribution in [2.24, 2.45) is 0 Å². The van der Waals surface area contributed by atoms with Crippen LogP contribution in [-0.2, 0) is 19.5 Å². The molecular weight excluding hydrogens is 334 g/mol. The molecule has 0 unspecified atom stereocenters. The maximum absolute atomic E-state index is 6.08. The summed E-state index contributed by atoms with van der Waals surface area (Å²) in [5, 5.41) is 0. The quantitative estimate of drug-likeness (QED) is 0.688. The molecule has 1 aromatic heterocycles. The van der Waals surface area contributed by atoms with Crippen LogP contribution in [0.5, 0.6) is 5.75 Å². The van der Waals surface area contributed by atoms with Gasteiger partial charge >= 0.3 is 0 Å². The summed E-state index contributed by atoms with van der Waals surface area (Å²) in [4.78, 5) is 10.8. The molecule has 0 radical (unpaired) electrons. The van der Waals surface area contributed by atoms with Gasteiger partial charge < -0.3 is 4.74 Å². The number of hydrogen-bond acceptors (Lipinski definition) is 4. The SMILES string of the molecule is CCc1ccc(CN2Cc3cc(-c4cncnc4)ccc3OC[C@@H]2C)cc1. The summed E-state index contributed by atoms with van der Waals surface area (Å²) in [7, 11) is 0. The standard InChI is InChI=1S/C23H25N3O/c1-3-18-4-6-19(7-5-18)13-26-14-21-10-20(22-11-24-16-25-12-22)8-9-23(21)27-15-17(26)2/h4-12,16-17H,3,13-15H2,1-2H3/t17-/m0/s1. The van der Waals surface area contributed by atoms with Crippen molar-refractivity contribution in [1.82, 2.24) is 14.9 Å². The molecule has 0 amide bonds. The molecule has 0 N–H and O–H groups in total. The lowest BCUT2D eigenvalue weighted by atomic mass is 10.0. The average Bonchev–Trinajstić information content (AvgIpc) is 2.88. The average molecular weight is 359 g/mol. The highest BCUT2D eigenvalue weighted by Crippen LogP contribution is 2.30. The Labute approximate surface area is 160 Å². The van der Waals surface area contributed by atoms with Crippen LogP contribution in [0.1, 0.15) is 30.5 Å². The first kappa shape index (κ1) is 17.7. The summed E-state index contributed by atoms with van der Waals surface area (Å²) >= 11 is 0. The van der Waals surface area contributed by atoms with Crippen molar-refractivity contribution in [1.29, 1.82) is 0 Å². The number of aryl methyl sites for hydroxylation is 1. The van der Waals surface area contributed by atoms with Gasteiger partial charge in [-0.3, -0.25) is 4.90 Å². The fourth-order valence-electron chi connectivity index (χ4n) is 3.49. The zero-order chi connectivity index (χ0) is 18.6. The van der Waals surface area contributed by atoms with Crippen molar-refractivity contribution >= 4 is 0 Å². The molecule has 1 atom stereocenters. The largest absolute Gasteiger partial charge is 0.492 e. The molecule has 0 fully saturated rings. The second-order valence-electron chi connectivity index (χ2n) is 7.18. The topological polar surface area (TPSA) is 38.2 Å². The minimum absolute atomic E-state index is 0.353. The molecule has 0 saturated carbocycles. The van der Waals surface area contributed by atoms with Gasteiger partial charge in [0, 0.05) is 42.7 Å². The molecule has 0 bridgehead atoms. The third kappa shape index (κ3) is 4.01. The Morgan fingerprint density at radius 1 is 1.00 bits per heavy atom. The van der Waals surface area contributed by atoms with Gasteiger partial charge in [0.1, 0.15) is 18.7 Å². The summed E-state index contributed by atoms with van der Waals surface area (Å²) < 4.78 is 6.08. The van der Waals surface area contributed by atoms with E-state index in [1.807, 2.05) is 12.4 Å². The van der Waals surface area contributed by atoms with Crippen LogP contribution in [0.25, 0.3) is 11.1 Å². The van der Waals surface area contributed by atoms with Crippen molar-refractivity contribution in [3.8, 4) is 16.9 Å². The Bertz CT molecular complexity index is 893. The van der Waals surface area contributed by atoms with E-state index in [2.05, 4.69) is 71.2 Å². The Balaban J connectivity index is 1.58. The molecule has 0 spiro atoms. The van der Waals surface area contributed by atoms with Crippen LogP contribution in [0, 0.1) is 0 Å². The van der Waals surface area contributed by atoms with Crippen molar-refractivity contribution in [3.05, 3.63) is 77.9 Å². The van der Waals surface area contributed by atoms with Gasteiger partial charge in [0.05, 0.1) is 0 Å². The van der Waals surface area contributed by atoms with E-state index in [1.165, 1.54) is 16.7 Å². The third-order valence-electron chi connectivity index (χ3n) is 5.25. The molecule has 0 saturated heterocycles. The lowest BCUT2D eigenvalue weighted by Gasteiger charge is -2.26. The van der Waals surface area contributed by atoms with E-state index in [1.54, 1.807) is 6.33 Å². The molecule has 1 aliphatic rings. The molecule has 4 rings (SSSR count). The zero-order valence-electron chi connectivity index (χ0n) is 15.9. The van der Waals surface area contributed by atoms with Gasteiger partial charge in [0.25, 0.3) is 0 Å². The highest BCUT2D eigenvalue weighted by Gasteiger charge is 2.22. The van der Waals surface area contributed by atoms with Gasteiger partial charge in [0.15, 0.2) is 0 Å². The number of aromatic nitrogens is 2. The fourth-order valence-corrected chi connectivity index (χ4v) is 3.49. The van der Waals surface area contributed by atoms with Crippen LogP contribution in [0.15, 0.2) is 61.2 Å². The number of nitrogens with zero attached hydrogens (tertiary/aromatic N) is 3. The first-order valence-electron chi connectivity index (χ1n) is 9.56. The predicted octanol–water partition coefficient (Wildman–Crippen LogP) is 4.49. The van der Waals surface area contributed by atoms with Crippen molar-refractivity contribution in [3.63, 3.8) is 0 Å². The van der Waals surface area contributed by atoms with Crippen LogP contribution in [0.3, 0.4) is 0 Å². The van der Waals surface area contributed by atoms with Gasteiger partial charge in [-0.2, -0.15) is 0 Å². The summed E-state index contributed by atoms with van der Waals surface area (Å²) in [6.45, 7) is 6.92. The van der Waals surface area contributed by atoms with E-state index in [9.17, 15) is 0 Å². The highest BCUT2D eigenvalue weighted by atomic mass is 16.5. The minimum Gasteiger partial charge on any atom is -0.492 e. The van der Waals surface area contributed by atoms with Gasteiger partial charge in [0.2, 0.25) is 0 Å². The van der Waals surface area contributed by atoms with Crippen molar-refractivity contribution < 1.29 is 4.74 Å². The molecule has 138 valence electrons. The summed E-state index contributed by atoms with van der Waals surface area (Å²) in [5.74, 6) is 0.978.